The molecule has 4 heteroatoms. The molecule has 1 heterocycles. The van der Waals surface area contributed by atoms with Crippen molar-refractivity contribution in [2.75, 3.05) is 32.7 Å². The zero-order valence-electron chi connectivity index (χ0n) is 9.91. The molecule has 0 aromatic rings. The van der Waals surface area contributed by atoms with E-state index in [1.165, 1.54) is 0 Å². The van der Waals surface area contributed by atoms with Crippen LogP contribution in [0.4, 0.5) is 0 Å². The van der Waals surface area contributed by atoms with Gasteiger partial charge in [0.25, 0.3) is 0 Å². The van der Waals surface area contributed by atoms with Gasteiger partial charge in [-0.15, -0.1) is 0 Å². The molecule has 0 radical (unpaired) electrons. The molecule has 0 aromatic heterocycles. The molecule has 0 aromatic carbocycles. The lowest BCUT2D eigenvalue weighted by atomic mass is 10.3. The third kappa shape index (κ3) is 3.80. The highest BCUT2D eigenvalue weighted by Gasteiger charge is 2.21. The van der Waals surface area contributed by atoms with Crippen molar-refractivity contribution in [3.05, 3.63) is 0 Å². The Hall–Kier alpha value is -0.610. The number of carbonyl (C=O) groups excluding carboxylic acids is 1. The summed E-state index contributed by atoms with van der Waals surface area (Å²) in [5, 5.41) is 0. The van der Waals surface area contributed by atoms with Gasteiger partial charge in [-0.05, 0) is 26.7 Å². The van der Waals surface area contributed by atoms with E-state index in [0.29, 0.717) is 19.1 Å². The summed E-state index contributed by atoms with van der Waals surface area (Å²) >= 11 is 0. The van der Waals surface area contributed by atoms with Crippen LogP contribution >= 0.6 is 0 Å². The molecule has 0 unspecified atom stereocenters. The zero-order chi connectivity index (χ0) is 11.3. The number of rotatable bonds is 5. The van der Waals surface area contributed by atoms with Gasteiger partial charge in [0.05, 0.1) is 6.54 Å². The third-order valence-electron chi connectivity index (χ3n) is 2.94. The van der Waals surface area contributed by atoms with E-state index in [1.54, 1.807) is 0 Å². The van der Waals surface area contributed by atoms with E-state index in [-0.39, 0.29) is 5.91 Å². The van der Waals surface area contributed by atoms with Gasteiger partial charge >= 0.3 is 0 Å². The fourth-order valence-electron chi connectivity index (χ4n) is 1.93. The second-order valence-corrected chi connectivity index (χ2v) is 4.44. The van der Waals surface area contributed by atoms with Gasteiger partial charge in [0.2, 0.25) is 5.91 Å². The molecule has 1 fully saturated rings. The second kappa shape index (κ2) is 6.08. The van der Waals surface area contributed by atoms with Gasteiger partial charge in [-0.3, -0.25) is 9.69 Å². The molecular formula is C11H23N3O. The molecule has 0 saturated carbocycles. The predicted molar refractivity (Wildman–Crippen MR) is 61.6 cm³/mol. The monoisotopic (exact) mass is 213 g/mol. The molecule has 1 aliphatic rings. The summed E-state index contributed by atoms with van der Waals surface area (Å²) in [5.74, 6) is 0.259. The average molecular weight is 213 g/mol. The predicted octanol–water partition coefficient (Wildman–Crippen LogP) is 0.278. The van der Waals surface area contributed by atoms with Gasteiger partial charge in [-0.25, -0.2) is 0 Å². The fourth-order valence-corrected chi connectivity index (χ4v) is 1.93. The van der Waals surface area contributed by atoms with Crippen LogP contribution in [-0.2, 0) is 4.79 Å². The second-order valence-electron chi connectivity index (χ2n) is 4.44. The Morgan fingerprint density at radius 1 is 1.40 bits per heavy atom. The van der Waals surface area contributed by atoms with Crippen LogP contribution in [0.3, 0.4) is 0 Å². The molecule has 15 heavy (non-hydrogen) atoms. The summed E-state index contributed by atoms with van der Waals surface area (Å²) in [6, 6.07) is 0.389. The molecular weight excluding hydrogens is 190 g/mol. The number of nitrogens with two attached hydrogens (primary N) is 1. The maximum absolute atomic E-state index is 11.9. The number of likely N-dealkylation sites (tertiary alicyclic amines) is 1. The summed E-state index contributed by atoms with van der Waals surface area (Å²) in [6.07, 6.45) is 2.31. The van der Waals surface area contributed by atoms with Crippen molar-refractivity contribution >= 4 is 5.91 Å². The first kappa shape index (κ1) is 12.5. The number of amides is 1. The van der Waals surface area contributed by atoms with Crippen LogP contribution in [0.2, 0.25) is 0 Å². The molecule has 1 rings (SSSR count). The Morgan fingerprint density at radius 2 is 2.00 bits per heavy atom. The van der Waals surface area contributed by atoms with Crippen LogP contribution in [0, 0.1) is 0 Å². The van der Waals surface area contributed by atoms with E-state index in [2.05, 4.69) is 18.7 Å². The Labute approximate surface area is 92.4 Å². The number of hydrogen-bond donors (Lipinski definition) is 1. The maximum Gasteiger partial charge on any atom is 0.236 e. The minimum Gasteiger partial charge on any atom is -0.342 e. The van der Waals surface area contributed by atoms with E-state index in [0.717, 1.165) is 32.5 Å². The van der Waals surface area contributed by atoms with Crippen molar-refractivity contribution < 1.29 is 4.79 Å². The van der Waals surface area contributed by atoms with Crippen LogP contribution in [0.25, 0.3) is 0 Å². The molecule has 0 aliphatic carbocycles. The van der Waals surface area contributed by atoms with Crippen LogP contribution in [0.15, 0.2) is 0 Å². The SMILES string of the molecule is CC(C)N(CCN)CC(=O)N1CCCC1. The van der Waals surface area contributed by atoms with E-state index in [9.17, 15) is 4.79 Å². The van der Waals surface area contributed by atoms with Crippen LogP contribution in [0.5, 0.6) is 0 Å². The molecule has 0 spiro atoms. The summed E-state index contributed by atoms with van der Waals surface area (Å²) < 4.78 is 0. The van der Waals surface area contributed by atoms with Gasteiger partial charge in [0.1, 0.15) is 0 Å². The highest BCUT2D eigenvalue weighted by atomic mass is 16.2. The minimum atomic E-state index is 0.259. The van der Waals surface area contributed by atoms with Crippen molar-refractivity contribution in [2.24, 2.45) is 5.73 Å². The van der Waals surface area contributed by atoms with Crippen LogP contribution < -0.4 is 5.73 Å². The third-order valence-corrected chi connectivity index (χ3v) is 2.94. The lowest BCUT2D eigenvalue weighted by Crippen LogP contribution is -2.43. The molecule has 1 amide bonds. The molecule has 1 aliphatic heterocycles. The molecule has 1 saturated heterocycles. The first-order valence-electron chi connectivity index (χ1n) is 5.87. The van der Waals surface area contributed by atoms with Crippen molar-refractivity contribution in [1.82, 2.24) is 9.80 Å². The van der Waals surface area contributed by atoms with E-state index in [1.807, 2.05) is 4.90 Å². The van der Waals surface area contributed by atoms with Crippen LogP contribution in [0.1, 0.15) is 26.7 Å². The van der Waals surface area contributed by atoms with Crippen molar-refractivity contribution in [1.29, 1.82) is 0 Å². The Morgan fingerprint density at radius 3 is 2.47 bits per heavy atom. The topological polar surface area (TPSA) is 49.6 Å². The Balaban J connectivity index is 2.38. The first-order chi connectivity index (χ1) is 7.15. The van der Waals surface area contributed by atoms with E-state index in [4.69, 9.17) is 5.73 Å². The maximum atomic E-state index is 11.9. The summed E-state index contributed by atoms with van der Waals surface area (Å²) in [5.41, 5.74) is 5.53. The van der Waals surface area contributed by atoms with Crippen LogP contribution in [-0.4, -0.2) is 54.5 Å². The lowest BCUT2D eigenvalue weighted by molar-refractivity contribution is -0.131. The van der Waals surface area contributed by atoms with Crippen molar-refractivity contribution in [3.8, 4) is 0 Å². The Bertz CT molecular complexity index is 200. The summed E-state index contributed by atoms with van der Waals surface area (Å²) in [4.78, 5) is 16.0. The van der Waals surface area contributed by atoms with Gasteiger partial charge < -0.3 is 10.6 Å². The fraction of sp³-hybridized carbons (Fsp3) is 0.909. The standard InChI is InChI=1S/C11H23N3O/c1-10(2)14(8-5-12)9-11(15)13-6-3-4-7-13/h10H,3-9,12H2,1-2H3. The van der Waals surface area contributed by atoms with Gasteiger partial charge in [0, 0.05) is 32.2 Å². The Kier molecular flexibility index (Phi) is 5.05. The summed E-state index contributed by atoms with van der Waals surface area (Å²) in [6.45, 7) is 8.03. The minimum absolute atomic E-state index is 0.259. The molecule has 0 bridgehead atoms. The average Bonchev–Trinajstić information content (AvgIpc) is 2.69. The quantitative estimate of drug-likeness (QED) is 0.713. The highest BCUT2D eigenvalue weighted by Crippen LogP contribution is 2.08. The van der Waals surface area contributed by atoms with E-state index < -0.39 is 0 Å². The first-order valence-corrected chi connectivity index (χ1v) is 5.87. The number of hydrogen-bond acceptors (Lipinski definition) is 3. The molecule has 88 valence electrons. The molecule has 4 nitrogen and oxygen atoms in total. The van der Waals surface area contributed by atoms with Crippen molar-refractivity contribution in [2.45, 2.75) is 32.7 Å². The van der Waals surface area contributed by atoms with Gasteiger partial charge in [-0.1, -0.05) is 0 Å². The largest absolute Gasteiger partial charge is 0.342 e. The normalized spacial score (nSPS) is 16.7. The van der Waals surface area contributed by atoms with E-state index >= 15 is 0 Å². The summed E-state index contributed by atoms with van der Waals surface area (Å²) in [7, 11) is 0. The number of carbonyl (C=O) groups is 1. The lowest BCUT2D eigenvalue weighted by Gasteiger charge is -2.27. The van der Waals surface area contributed by atoms with Gasteiger partial charge in [0.15, 0.2) is 0 Å². The van der Waals surface area contributed by atoms with Gasteiger partial charge in [-0.2, -0.15) is 0 Å². The van der Waals surface area contributed by atoms with Crippen molar-refractivity contribution in [3.63, 3.8) is 0 Å². The smallest absolute Gasteiger partial charge is 0.236 e. The molecule has 0 atom stereocenters. The number of nitrogens with zero attached hydrogens (tertiary/aromatic N) is 2. The highest BCUT2D eigenvalue weighted by molar-refractivity contribution is 5.78. The zero-order valence-corrected chi connectivity index (χ0v) is 9.91. The molecule has 2 N–H and O–H groups in total.